The molecule has 1 amide bonds. The van der Waals surface area contributed by atoms with E-state index in [1.54, 1.807) is 7.11 Å². The van der Waals surface area contributed by atoms with Gasteiger partial charge >= 0.3 is 0 Å². The zero-order chi connectivity index (χ0) is 14.1. The van der Waals surface area contributed by atoms with Crippen molar-refractivity contribution in [3.05, 3.63) is 0 Å². The Morgan fingerprint density at radius 2 is 2.05 bits per heavy atom. The number of carbonyl (C=O) groups is 1. The first kappa shape index (κ1) is 14.3. The number of hydrogen-bond donors (Lipinski definition) is 1. The second-order valence-electron chi connectivity index (χ2n) is 6.11. The number of carbonyl (C=O) groups excluding carboxylic acids is 1. The third kappa shape index (κ3) is 2.35. The van der Waals surface area contributed by atoms with Gasteiger partial charge in [0.2, 0.25) is 5.91 Å². The van der Waals surface area contributed by atoms with Gasteiger partial charge < -0.3 is 14.8 Å². The van der Waals surface area contributed by atoms with Crippen LogP contribution >= 0.6 is 0 Å². The van der Waals surface area contributed by atoms with Crippen molar-refractivity contribution in [2.24, 2.45) is 10.8 Å². The molecule has 1 aliphatic carbocycles. The Labute approximate surface area is 114 Å². The minimum absolute atomic E-state index is 0.0772. The fraction of sp³-hybridized carbons (Fsp3) is 0.857. The molecule has 19 heavy (non-hydrogen) atoms. The zero-order valence-corrected chi connectivity index (χ0v) is 11.9. The van der Waals surface area contributed by atoms with Crippen molar-refractivity contribution in [3.8, 4) is 6.07 Å². The van der Waals surface area contributed by atoms with Crippen LogP contribution < -0.4 is 5.32 Å². The lowest BCUT2D eigenvalue weighted by molar-refractivity contribution is -0.142. The highest BCUT2D eigenvalue weighted by atomic mass is 16.5. The monoisotopic (exact) mass is 266 g/mol. The molecular formula is C14H22N2O3. The molecule has 0 aromatic carbocycles. The Morgan fingerprint density at radius 1 is 1.42 bits per heavy atom. The molecule has 1 N–H and O–H groups in total. The van der Waals surface area contributed by atoms with E-state index in [1.807, 2.05) is 0 Å². The Morgan fingerprint density at radius 3 is 2.53 bits per heavy atom. The van der Waals surface area contributed by atoms with E-state index in [9.17, 15) is 10.1 Å². The van der Waals surface area contributed by atoms with Crippen molar-refractivity contribution in [1.29, 1.82) is 5.26 Å². The molecule has 2 aliphatic rings. The third-order valence-electron chi connectivity index (χ3n) is 4.76. The summed E-state index contributed by atoms with van der Waals surface area (Å²) in [5.41, 5.74) is -0.987. The highest BCUT2D eigenvalue weighted by Crippen LogP contribution is 2.43. The molecule has 1 aliphatic heterocycles. The Hall–Kier alpha value is -1.12. The zero-order valence-electron chi connectivity index (χ0n) is 11.9. The minimum atomic E-state index is -0.910. The van der Waals surface area contributed by atoms with Crippen LogP contribution in [0.1, 0.15) is 33.1 Å². The summed E-state index contributed by atoms with van der Waals surface area (Å²) in [5.74, 6) is -0.147. The van der Waals surface area contributed by atoms with Gasteiger partial charge in [0.05, 0.1) is 12.2 Å². The van der Waals surface area contributed by atoms with Gasteiger partial charge in [-0.15, -0.1) is 0 Å². The van der Waals surface area contributed by atoms with E-state index in [-0.39, 0.29) is 23.5 Å². The summed E-state index contributed by atoms with van der Waals surface area (Å²) in [6.45, 7) is 5.13. The number of nitrogens with one attached hydrogen (secondary N) is 1. The van der Waals surface area contributed by atoms with Gasteiger partial charge in [-0.3, -0.25) is 4.79 Å². The van der Waals surface area contributed by atoms with Gasteiger partial charge in [0, 0.05) is 31.8 Å². The quantitative estimate of drug-likeness (QED) is 0.834. The number of amides is 1. The lowest BCUT2D eigenvalue weighted by atomic mass is 9.64. The third-order valence-corrected chi connectivity index (χ3v) is 4.76. The normalized spacial score (nSPS) is 31.9. The second kappa shape index (κ2) is 5.10. The standard InChI is InChI=1S/C14H22N2O3/c1-13(2)10(8-11(13)18-3)16-12(17)14(9-15)4-6-19-7-5-14/h10-11H,4-8H2,1-3H3,(H,16,17). The van der Waals surface area contributed by atoms with E-state index < -0.39 is 5.41 Å². The average molecular weight is 266 g/mol. The van der Waals surface area contributed by atoms with E-state index in [0.717, 1.165) is 6.42 Å². The van der Waals surface area contributed by atoms with Crippen LogP contribution in [0, 0.1) is 22.2 Å². The summed E-state index contributed by atoms with van der Waals surface area (Å²) in [5, 5.41) is 12.4. The molecule has 0 aromatic heterocycles. The maximum atomic E-state index is 12.4. The molecule has 0 radical (unpaired) electrons. The Kier molecular flexibility index (Phi) is 3.84. The SMILES string of the molecule is COC1CC(NC(=O)C2(C#N)CCOCC2)C1(C)C. The molecule has 0 spiro atoms. The molecule has 0 bridgehead atoms. The molecule has 5 heteroatoms. The van der Waals surface area contributed by atoms with Gasteiger partial charge in [-0.25, -0.2) is 0 Å². The molecule has 0 aromatic rings. The number of hydrogen-bond acceptors (Lipinski definition) is 4. The van der Waals surface area contributed by atoms with Crippen LogP contribution in [0.3, 0.4) is 0 Å². The predicted octanol–water partition coefficient (Wildman–Crippen LogP) is 1.24. The molecule has 106 valence electrons. The first-order chi connectivity index (χ1) is 8.96. The molecule has 1 heterocycles. The molecule has 2 fully saturated rings. The summed E-state index contributed by atoms with van der Waals surface area (Å²) < 4.78 is 10.6. The van der Waals surface area contributed by atoms with Gasteiger partial charge in [-0.1, -0.05) is 13.8 Å². The van der Waals surface area contributed by atoms with Crippen LogP contribution in [0.25, 0.3) is 0 Å². The van der Waals surface area contributed by atoms with E-state index in [2.05, 4.69) is 25.2 Å². The van der Waals surface area contributed by atoms with Crippen LogP contribution in [0.2, 0.25) is 0 Å². The van der Waals surface area contributed by atoms with Crippen molar-refractivity contribution in [2.45, 2.75) is 45.3 Å². The van der Waals surface area contributed by atoms with Crippen molar-refractivity contribution in [3.63, 3.8) is 0 Å². The molecule has 2 atom stereocenters. The van der Waals surface area contributed by atoms with Crippen molar-refractivity contribution < 1.29 is 14.3 Å². The smallest absolute Gasteiger partial charge is 0.240 e. The molecule has 1 saturated carbocycles. The number of nitriles is 1. The van der Waals surface area contributed by atoms with E-state index in [1.165, 1.54) is 0 Å². The first-order valence-electron chi connectivity index (χ1n) is 6.79. The number of ether oxygens (including phenoxy) is 2. The lowest BCUT2D eigenvalue weighted by Crippen LogP contribution is -2.63. The second-order valence-corrected chi connectivity index (χ2v) is 6.11. The maximum Gasteiger partial charge on any atom is 0.240 e. The van der Waals surface area contributed by atoms with Crippen LogP contribution in [0.5, 0.6) is 0 Å². The topological polar surface area (TPSA) is 71.3 Å². The van der Waals surface area contributed by atoms with Gasteiger partial charge in [0.15, 0.2) is 0 Å². The summed E-state index contributed by atoms with van der Waals surface area (Å²) in [6, 6.07) is 2.28. The van der Waals surface area contributed by atoms with Crippen LogP contribution in [-0.4, -0.2) is 38.4 Å². The average Bonchev–Trinajstić information content (AvgIpc) is 2.43. The van der Waals surface area contributed by atoms with Gasteiger partial charge in [-0.2, -0.15) is 5.26 Å². The van der Waals surface area contributed by atoms with Gasteiger partial charge in [0.1, 0.15) is 5.41 Å². The maximum absolute atomic E-state index is 12.4. The number of nitrogens with zero attached hydrogens (tertiary/aromatic N) is 1. The number of rotatable bonds is 3. The fourth-order valence-corrected chi connectivity index (χ4v) is 2.94. The van der Waals surface area contributed by atoms with Crippen LogP contribution in [0.4, 0.5) is 0 Å². The largest absolute Gasteiger partial charge is 0.381 e. The lowest BCUT2D eigenvalue weighted by Gasteiger charge is -2.51. The first-order valence-corrected chi connectivity index (χ1v) is 6.79. The van der Waals surface area contributed by atoms with Gasteiger partial charge in [-0.05, 0) is 19.3 Å². The highest BCUT2D eigenvalue weighted by molar-refractivity contribution is 5.86. The molecule has 1 saturated heterocycles. The van der Waals surface area contributed by atoms with Crippen LogP contribution in [-0.2, 0) is 14.3 Å². The summed E-state index contributed by atoms with van der Waals surface area (Å²) in [4.78, 5) is 12.4. The molecule has 5 nitrogen and oxygen atoms in total. The van der Waals surface area contributed by atoms with Crippen molar-refractivity contribution in [2.75, 3.05) is 20.3 Å². The predicted molar refractivity (Wildman–Crippen MR) is 69.2 cm³/mol. The van der Waals surface area contributed by atoms with Gasteiger partial charge in [0.25, 0.3) is 0 Å². The summed E-state index contributed by atoms with van der Waals surface area (Å²) in [6.07, 6.45) is 1.95. The summed E-state index contributed by atoms with van der Waals surface area (Å²) >= 11 is 0. The van der Waals surface area contributed by atoms with Crippen molar-refractivity contribution in [1.82, 2.24) is 5.32 Å². The Balaban J connectivity index is 2.00. The molecular weight excluding hydrogens is 244 g/mol. The molecule has 2 unspecified atom stereocenters. The fourth-order valence-electron chi connectivity index (χ4n) is 2.94. The molecule has 2 rings (SSSR count). The Bertz CT molecular complexity index is 394. The van der Waals surface area contributed by atoms with E-state index in [4.69, 9.17) is 9.47 Å². The number of methoxy groups -OCH3 is 1. The van der Waals surface area contributed by atoms with Crippen molar-refractivity contribution >= 4 is 5.91 Å². The van der Waals surface area contributed by atoms with E-state index in [0.29, 0.717) is 26.1 Å². The highest BCUT2D eigenvalue weighted by Gasteiger charge is 2.51. The summed E-state index contributed by atoms with van der Waals surface area (Å²) in [7, 11) is 1.69. The van der Waals surface area contributed by atoms with Crippen LogP contribution in [0.15, 0.2) is 0 Å². The minimum Gasteiger partial charge on any atom is -0.381 e. The van der Waals surface area contributed by atoms with E-state index >= 15 is 0 Å².